The van der Waals surface area contributed by atoms with Crippen LogP contribution >= 0.6 is 0 Å². The van der Waals surface area contributed by atoms with Gasteiger partial charge in [-0.15, -0.1) is 0 Å². The number of hydrogen-bond donors (Lipinski definition) is 3. The molecular weight excluding hydrogens is 382 g/mol. The van der Waals surface area contributed by atoms with Gasteiger partial charge in [0.1, 0.15) is 28.9 Å². The number of nitrogens with one attached hydrogen (secondary N) is 2. The third-order valence-electron chi connectivity index (χ3n) is 5.86. The molecule has 0 spiro atoms. The number of aliphatic imine (C=N–C) groups is 1. The topological polar surface area (TPSA) is 129 Å². The molecule has 1 saturated carbocycles. The Bertz CT molecular complexity index is 863. The summed E-state index contributed by atoms with van der Waals surface area (Å²) in [5.41, 5.74) is 9.59. The van der Waals surface area contributed by atoms with Crippen molar-refractivity contribution in [1.29, 1.82) is 5.26 Å². The van der Waals surface area contributed by atoms with Gasteiger partial charge in [0.15, 0.2) is 0 Å². The van der Waals surface area contributed by atoms with Gasteiger partial charge in [-0.2, -0.15) is 5.26 Å². The van der Waals surface area contributed by atoms with E-state index in [9.17, 15) is 4.79 Å². The zero-order valence-electron chi connectivity index (χ0n) is 17.3. The highest BCUT2D eigenvalue weighted by Crippen LogP contribution is 2.34. The molecule has 2 fully saturated rings. The lowest BCUT2D eigenvalue weighted by Crippen LogP contribution is -2.58. The number of nitrogens with zero attached hydrogens (tertiary/aromatic N) is 4. The van der Waals surface area contributed by atoms with Crippen LogP contribution < -0.4 is 21.2 Å². The minimum atomic E-state index is -0.934. The molecule has 3 atom stereocenters. The number of nitrogens with two attached hydrogens (primary N) is 1. The van der Waals surface area contributed by atoms with Gasteiger partial charge in [-0.3, -0.25) is 19.8 Å². The van der Waals surface area contributed by atoms with Crippen LogP contribution in [0.15, 0.2) is 23.5 Å². The van der Waals surface area contributed by atoms with Crippen LogP contribution in [0.25, 0.3) is 0 Å². The third-order valence-corrected chi connectivity index (χ3v) is 5.86. The summed E-state index contributed by atoms with van der Waals surface area (Å²) in [5.74, 6) is 1.11. The van der Waals surface area contributed by atoms with E-state index in [-0.39, 0.29) is 11.8 Å². The van der Waals surface area contributed by atoms with Crippen LogP contribution in [0, 0.1) is 29.1 Å². The molecule has 3 aliphatic rings. The van der Waals surface area contributed by atoms with Gasteiger partial charge in [0.25, 0.3) is 0 Å². The zero-order valence-corrected chi connectivity index (χ0v) is 17.3. The predicted octanol–water partition coefficient (Wildman–Crippen LogP) is 1.64. The fourth-order valence-electron chi connectivity index (χ4n) is 4.14. The van der Waals surface area contributed by atoms with Gasteiger partial charge in [0, 0.05) is 37.7 Å². The Hall–Kier alpha value is -2.70. The Balaban J connectivity index is 1.54. The van der Waals surface area contributed by atoms with E-state index < -0.39 is 11.6 Å². The number of aromatic nitrogens is 1. The number of fused-ring (bicyclic) bond motifs is 1. The highest BCUT2D eigenvalue weighted by atomic mass is 16.5. The lowest BCUT2D eigenvalue weighted by atomic mass is 9.88. The van der Waals surface area contributed by atoms with Gasteiger partial charge in [0.05, 0.1) is 18.9 Å². The van der Waals surface area contributed by atoms with Gasteiger partial charge < -0.3 is 15.8 Å². The fraction of sp³-hybridized carbons (Fsp3) is 0.619. The maximum absolute atomic E-state index is 13.4. The molecule has 1 aromatic rings. The van der Waals surface area contributed by atoms with Gasteiger partial charge in [-0.1, -0.05) is 13.3 Å². The first-order chi connectivity index (χ1) is 14.5. The Morgan fingerprint density at radius 1 is 1.50 bits per heavy atom. The molecule has 9 nitrogen and oxygen atoms in total. The van der Waals surface area contributed by atoms with Crippen molar-refractivity contribution in [3.05, 3.63) is 18.5 Å². The molecule has 1 aromatic heterocycles. The summed E-state index contributed by atoms with van der Waals surface area (Å²) >= 11 is 0. The normalized spacial score (nSPS) is 27.8. The van der Waals surface area contributed by atoms with Gasteiger partial charge >= 0.3 is 0 Å². The van der Waals surface area contributed by atoms with Crippen LogP contribution in [0.1, 0.15) is 39.0 Å². The zero-order chi connectivity index (χ0) is 21.1. The van der Waals surface area contributed by atoms with Crippen molar-refractivity contribution in [1.82, 2.24) is 15.4 Å². The summed E-state index contributed by atoms with van der Waals surface area (Å²) in [7, 11) is 0. The second-order valence-electron chi connectivity index (χ2n) is 8.49. The van der Waals surface area contributed by atoms with Crippen molar-refractivity contribution in [2.75, 3.05) is 25.0 Å². The summed E-state index contributed by atoms with van der Waals surface area (Å²) < 4.78 is 5.90. The van der Waals surface area contributed by atoms with Crippen LogP contribution in [-0.4, -0.2) is 47.1 Å². The molecule has 4 N–H and O–H groups in total. The average Bonchev–Trinajstić information content (AvgIpc) is 3.49. The molecule has 160 valence electrons. The number of hydrogen-bond acceptors (Lipinski definition) is 8. The number of carbonyl (C=O) groups excluding carboxylic acids is 1. The van der Waals surface area contributed by atoms with Crippen molar-refractivity contribution < 1.29 is 9.53 Å². The molecule has 9 heteroatoms. The lowest BCUT2D eigenvalue weighted by Gasteiger charge is -2.30. The van der Waals surface area contributed by atoms with E-state index in [0.717, 1.165) is 6.42 Å². The summed E-state index contributed by atoms with van der Waals surface area (Å²) in [6.45, 7) is 3.82. The van der Waals surface area contributed by atoms with Gasteiger partial charge in [0.2, 0.25) is 5.91 Å². The van der Waals surface area contributed by atoms with E-state index in [1.54, 1.807) is 18.5 Å². The van der Waals surface area contributed by atoms with Gasteiger partial charge in [-0.05, 0) is 25.2 Å². The third kappa shape index (κ3) is 4.25. The average molecular weight is 412 g/mol. The maximum atomic E-state index is 13.4. The first kappa shape index (κ1) is 20.6. The number of nitriles is 1. The smallest absolute Gasteiger partial charge is 0.238 e. The van der Waals surface area contributed by atoms with Crippen LogP contribution in [0.5, 0.6) is 5.75 Å². The molecule has 30 heavy (non-hydrogen) atoms. The van der Waals surface area contributed by atoms with E-state index in [0.29, 0.717) is 55.7 Å². The first-order valence-corrected chi connectivity index (χ1v) is 10.7. The lowest BCUT2D eigenvalue weighted by molar-refractivity contribution is -0.119. The van der Waals surface area contributed by atoms with Gasteiger partial charge in [-0.25, -0.2) is 5.43 Å². The highest BCUT2D eigenvalue weighted by Gasteiger charge is 2.52. The summed E-state index contributed by atoms with van der Waals surface area (Å²) in [5, 5.41) is 13.8. The first-order valence-electron chi connectivity index (χ1n) is 10.7. The standard InChI is InChI=1S/C21H29N7O2/c1-2-7-21(23)18(19-25-10-15(5-8-22)12-28(19)27-21)20(29)26-16-11-24-9-6-17(16)30-13-14-3-4-14/h6,9,11,14-15,18,27H,2-5,7,10,12-13,23H2,1H3,(H,26,29). The Labute approximate surface area is 176 Å². The molecule has 2 aliphatic heterocycles. The van der Waals surface area contributed by atoms with Crippen molar-refractivity contribution >= 4 is 17.4 Å². The minimum absolute atomic E-state index is 0.125. The summed E-state index contributed by atoms with van der Waals surface area (Å²) in [6, 6.07) is 3.97. The number of ether oxygens (including phenoxy) is 1. The van der Waals surface area contributed by atoms with E-state index in [4.69, 9.17) is 15.7 Å². The molecule has 1 aliphatic carbocycles. The summed E-state index contributed by atoms with van der Waals surface area (Å²) in [4.78, 5) is 22.2. The molecule has 0 radical (unpaired) electrons. The Morgan fingerprint density at radius 2 is 2.33 bits per heavy atom. The Morgan fingerprint density at radius 3 is 3.07 bits per heavy atom. The monoisotopic (exact) mass is 411 g/mol. The molecule has 4 rings (SSSR count). The van der Waals surface area contributed by atoms with Crippen LogP contribution in [-0.2, 0) is 4.79 Å². The molecule has 1 saturated heterocycles. The second kappa shape index (κ2) is 8.58. The molecule has 3 unspecified atom stereocenters. The quantitative estimate of drug-likeness (QED) is 0.593. The number of pyridine rings is 1. The van der Waals surface area contributed by atoms with Crippen molar-refractivity contribution in [3.63, 3.8) is 0 Å². The van der Waals surface area contributed by atoms with Crippen LogP contribution in [0.4, 0.5) is 5.69 Å². The molecular formula is C21H29N7O2. The molecule has 0 bridgehead atoms. The number of hydrazine groups is 1. The molecule has 1 amide bonds. The Kier molecular flexibility index (Phi) is 5.88. The van der Waals surface area contributed by atoms with Crippen molar-refractivity contribution in [2.24, 2.45) is 28.5 Å². The van der Waals surface area contributed by atoms with Crippen molar-refractivity contribution in [2.45, 2.75) is 44.7 Å². The van der Waals surface area contributed by atoms with E-state index >= 15 is 0 Å². The minimum Gasteiger partial charge on any atom is -0.491 e. The van der Waals surface area contributed by atoms with E-state index in [1.807, 2.05) is 11.9 Å². The molecule has 0 aromatic carbocycles. The van der Waals surface area contributed by atoms with Crippen LogP contribution in [0.3, 0.4) is 0 Å². The number of rotatable bonds is 8. The number of carbonyl (C=O) groups is 1. The summed E-state index contributed by atoms with van der Waals surface area (Å²) in [6.07, 6.45) is 7.49. The fourth-order valence-corrected chi connectivity index (χ4v) is 4.14. The maximum Gasteiger partial charge on any atom is 0.238 e. The number of anilines is 1. The van der Waals surface area contributed by atoms with Crippen LogP contribution in [0.2, 0.25) is 0 Å². The predicted molar refractivity (Wildman–Crippen MR) is 112 cm³/mol. The highest BCUT2D eigenvalue weighted by molar-refractivity contribution is 6.11. The van der Waals surface area contributed by atoms with E-state index in [1.165, 1.54) is 12.8 Å². The van der Waals surface area contributed by atoms with Crippen molar-refractivity contribution in [3.8, 4) is 11.8 Å². The number of amidine groups is 1. The second-order valence-corrected chi connectivity index (χ2v) is 8.49. The number of amides is 1. The SMILES string of the molecule is CCCC1(N)NN2CC(CC#N)CN=C2C1C(=O)Nc1cnccc1OCC1CC1. The molecule has 3 heterocycles. The van der Waals surface area contributed by atoms with E-state index in [2.05, 4.69) is 26.8 Å². The largest absolute Gasteiger partial charge is 0.491 e.